The molecule has 0 radical (unpaired) electrons. The Labute approximate surface area is 205 Å². The zero-order valence-corrected chi connectivity index (χ0v) is 22.1. The first-order valence-electron chi connectivity index (χ1n) is 12.3. The number of unbranched alkanes of at least 4 members (excludes halogenated alkanes) is 1. The zero-order chi connectivity index (χ0) is 25.9. The van der Waals surface area contributed by atoms with Gasteiger partial charge in [-0.25, -0.2) is 0 Å². The van der Waals surface area contributed by atoms with Gasteiger partial charge < -0.3 is 14.6 Å². The van der Waals surface area contributed by atoms with E-state index in [0.717, 1.165) is 38.5 Å². The second-order valence-corrected chi connectivity index (χ2v) is 10.9. The zero-order valence-electron chi connectivity index (χ0n) is 22.1. The van der Waals surface area contributed by atoms with Crippen molar-refractivity contribution in [1.82, 2.24) is 9.80 Å². The molecule has 0 saturated heterocycles. The van der Waals surface area contributed by atoms with Crippen LogP contribution in [0.5, 0.6) is 0 Å². The molecule has 0 aromatic heterocycles. The third kappa shape index (κ3) is 12.4. The number of carboxylic acid groups (broad SMARTS) is 1. The van der Waals surface area contributed by atoms with E-state index in [4.69, 9.17) is 9.47 Å². The first-order valence-corrected chi connectivity index (χ1v) is 12.3. The first-order chi connectivity index (χ1) is 15.7. The summed E-state index contributed by atoms with van der Waals surface area (Å²) in [5.74, 6) is 4.42. The number of hydrogen-bond acceptors (Lipinski definition) is 7. The lowest BCUT2D eigenvalue weighted by atomic mass is 9.87. The van der Waals surface area contributed by atoms with Crippen LogP contribution < -0.4 is 0 Å². The maximum Gasteiger partial charge on any atom is 0.320 e. The second kappa shape index (κ2) is 13.7. The molecular weight excluding hydrogens is 436 g/mol. The lowest BCUT2D eigenvalue weighted by Crippen LogP contribution is -2.57. The Morgan fingerprint density at radius 1 is 0.824 bits per heavy atom. The van der Waals surface area contributed by atoms with Gasteiger partial charge in [-0.1, -0.05) is 25.7 Å². The van der Waals surface area contributed by atoms with Gasteiger partial charge in [0.15, 0.2) is 0 Å². The normalized spacial score (nSPS) is 18.9. The highest BCUT2D eigenvalue weighted by Gasteiger charge is 2.37. The van der Waals surface area contributed by atoms with E-state index in [0.29, 0.717) is 6.54 Å². The fraction of sp³-hybridized carbons (Fsp3) is 0.808. The molecule has 1 saturated carbocycles. The Hall–Kier alpha value is -2.11. The summed E-state index contributed by atoms with van der Waals surface area (Å²) in [6, 6.07) is -0.341. The third-order valence-electron chi connectivity index (χ3n) is 5.26. The smallest absolute Gasteiger partial charge is 0.320 e. The lowest BCUT2D eigenvalue weighted by molar-refractivity contribution is -0.162. The molecule has 0 bridgehead atoms. The van der Waals surface area contributed by atoms with Crippen molar-refractivity contribution in [2.75, 3.05) is 26.2 Å². The van der Waals surface area contributed by atoms with Crippen LogP contribution >= 0.6 is 0 Å². The summed E-state index contributed by atoms with van der Waals surface area (Å²) in [5.41, 5.74) is -1.30. The van der Waals surface area contributed by atoms with Crippen molar-refractivity contribution in [2.24, 2.45) is 0 Å². The van der Waals surface area contributed by atoms with Crippen LogP contribution in [0.15, 0.2) is 0 Å². The maximum absolute atomic E-state index is 12.7. The Balaban J connectivity index is 3.20. The molecule has 1 rings (SSSR count). The van der Waals surface area contributed by atoms with Crippen molar-refractivity contribution in [1.29, 1.82) is 0 Å². The molecule has 0 aromatic rings. The van der Waals surface area contributed by atoms with Gasteiger partial charge in [0, 0.05) is 18.5 Å². The molecule has 1 fully saturated rings. The van der Waals surface area contributed by atoms with Crippen LogP contribution in [0.2, 0.25) is 0 Å². The van der Waals surface area contributed by atoms with Crippen LogP contribution in [0, 0.1) is 11.8 Å². The van der Waals surface area contributed by atoms with E-state index in [9.17, 15) is 19.5 Å². The SMILES string of the molecule is CCCC#CCN(CC(=O)O)C1CCCCC1N(CC(=O)OC(C)(C)C)CC(=O)OC(C)(C)C. The Morgan fingerprint density at radius 3 is 1.71 bits per heavy atom. The molecule has 194 valence electrons. The van der Waals surface area contributed by atoms with E-state index in [1.165, 1.54) is 0 Å². The standard InChI is InChI=1S/C26H44N2O6/c1-8-9-10-13-16-27(17-22(29)30)20-14-11-12-15-21(20)28(18-23(31)33-25(2,3)4)19-24(32)34-26(5,6)7/h20-21H,8-9,11-12,14-19H2,1-7H3,(H,29,30). The largest absolute Gasteiger partial charge is 0.480 e. The summed E-state index contributed by atoms with van der Waals surface area (Å²) in [6.45, 7) is 12.9. The average Bonchev–Trinajstić information content (AvgIpc) is 2.66. The van der Waals surface area contributed by atoms with E-state index < -0.39 is 29.1 Å². The lowest BCUT2D eigenvalue weighted by Gasteiger charge is -2.44. The summed E-state index contributed by atoms with van der Waals surface area (Å²) in [5, 5.41) is 9.54. The van der Waals surface area contributed by atoms with Crippen LogP contribution in [0.4, 0.5) is 0 Å². The number of esters is 2. The highest BCUT2D eigenvalue weighted by molar-refractivity contribution is 5.75. The minimum atomic E-state index is -0.924. The summed E-state index contributed by atoms with van der Waals surface area (Å²) in [4.78, 5) is 40.8. The molecule has 0 spiro atoms. The summed E-state index contributed by atoms with van der Waals surface area (Å²) in [6.07, 6.45) is 5.10. The highest BCUT2D eigenvalue weighted by atomic mass is 16.6. The fourth-order valence-corrected chi connectivity index (χ4v) is 4.15. The van der Waals surface area contributed by atoms with Gasteiger partial charge in [-0.05, 0) is 60.8 Å². The van der Waals surface area contributed by atoms with Gasteiger partial charge >= 0.3 is 17.9 Å². The maximum atomic E-state index is 12.7. The fourth-order valence-electron chi connectivity index (χ4n) is 4.15. The monoisotopic (exact) mass is 480 g/mol. The highest BCUT2D eigenvalue weighted by Crippen LogP contribution is 2.28. The molecule has 0 aromatic carbocycles. The van der Waals surface area contributed by atoms with Gasteiger partial charge in [0.1, 0.15) is 11.2 Å². The topological polar surface area (TPSA) is 96.4 Å². The number of ether oxygens (including phenoxy) is 2. The Bertz CT molecular complexity index is 711. The molecule has 0 amide bonds. The number of carbonyl (C=O) groups is 3. The van der Waals surface area contributed by atoms with Crippen molar-refractivity contribution in [3.05, 3.63) is 0 Å². The van der Waals surface area contributed by atoms with Crippen LogP contribution in [-0.2, 0) is 23.9 Å². The molecule has 8 heteroatoms. The van der Waals surface area contributed by atoms with E-state index in [-0.39, 0.29) is 31.7 Å². The molecule has 8 nitrogen and oxygen atoms in total. The molecule has 1 N–H and O–H groups in total. The number of aliphatic carboxylic acids is 1. The van der Waals surface area contributed by atoms with Crippen molar-refractivity contribution >= 4 is 17.9 Å². The van der Waals surface area contributed by atoms with Gasteiger partial charge in [0.25, 0.3) is 0 Å². The van der Waals surface area contributed by atoms with Crippen molar-refractivity contribution in [3.8, 4) is 11.8 Å². The minimum Gasteiger partial charge on any atom is -0.480 e. The van der Waals surface area contributed by atoms with Gasteiger partial charge in [-0.3, -0.25) is 24.2 Å². The van der Waals surface area contributed by atoms with Gasteiger partial charge in [-0.15, -0.1) is 5.92 Å². The Kier molecular flexibility index (Phi) is 12.1. The number of rotatable bonds is 10. The van der Waals surface area contributed by atoms with Crippen molar-refractivity contribution in [2.45, 2.75) is 110 Å². The predicted molar refractivity (Wildman–Crippen MR) is 131 cm³/mol. The summed E-state index contributed by atoms with van der Waals surface area (Å²) >= 11 is 0. The molecule has 0 aliphatic heterocycles. The number of carbonyl (C=O) groups excluding carboxylic acids is 2. The van der Waals surface area contributed by atoms with Crippen LogP contribution in [0.3, 0.4) is 0 Å². The van der Waals surface area contributed by atoms with Crippen molar-refractivity contribution < 1.29 is 29.0 Å². The predicted octanol–water partition coefficient (Wildman–Crippen LogP) is 3.47. The van der Waals surface area contributed by atoms with Gasteiger partial charge in [0.2, 0.25) is 0 Å². The molecule has 2 unspecified atom stereocenters. The average molecular weight is 481 g/mol. The van der Waals surface area contributed by atoms with Gasteiger partial charge in [-0.2, -0.15) is 0 Å². The van der Waals surface area contributed by atoms with E-state index in [1.807, 2.05) is 11.8 Å². The molecule has 0 heterocycles. The number of hydrogen-bond donors (Lipinski definition) is 1. The third-order valence-corrected chi connectivity index (χ3v) is 5.26. The minimum absolute atomic E-state index is 0.0693. The first kappa shape index (κ1) is 29.9. The van der Waals surface area contributed by atoms with Gasteiger partial charge in [0.05, 0.1) is 26.2 Å². The molecule has 1 aliphatic rings. The summed E-state index contributed by atoms with van der Waals surface area (Å²) < 4.78 is 11.1. The van der Waals surface area contributed by atoms with Crippen molar-refractivity contribution in [3.63, 3.8) is 0 Å². The van der Waals surface area contributed by atoms with E-state index >= 15 is 0 Å². The second-order valence-electron chi connectivity index (χ2n) is 10.9. The van der Waals surface area contributed by atoms with E-state index in [1.54, 1.807) is 46.4 Å². The van der Waals surface area contributed by atoms with Crippen LogP contribution in [-0.4, -0.2) is 82.3 Å². The molecule has 2 atom stereocenters. The van der Waals surface area contributed by atoms with Crippen LogP contribution in [0.25, 0.3) is 0 Å². The van der Waals surface area contributed by atoms with Crippen LogP contribution in [0.1, 0.15) is 87.0 Å². The molecule has 34 heavy (non-hydrogen) atoms. The molecular formula is C26H44N2O6. The number of carboxylic acids is 1. The number of nitrogens with zero attached hydrogens (tertiary/aromatic N) is 2. The van der Waals surface area contributed by atoms with E-state index in [2.05, 4.69) is 11.8 Å². The quantitative estimate of drug-likeness (QED) is 0.375. The molecule has 1 aliphatic carbocycles. The Morgan fingerprint density at radius 2 is 1.29 bits per heavy atom. The summed E-state index contributed by atoms with van der Waals surface area (Å²) in [7, 11) is 0.